The predicted octanol–water partition coefficient (Wildman–Crippen LogP) is 2.16. The topological polar surface area (TPSA) is 62.3 Å². The third kappa shape index (κ3) is 3.78. The highest BCUT2D eigenvalue weighted by Crippen LogP contribution is 2.29. The van der Waals surface area contributed by atoms with E-state index in [1.807, 2.05) is 18.2 Å². The van der Waals surface area contributed by atoms with Crippen molar-refractivity contribution < 1.29 is 19.1 Å². The molecule has 7 heteroatoms. The third-order valence-corrected chi connectivity index (χ3v) is 5.61. The van der Waals surface area contributed by atoms with Gasteiger partial charge in [0.15, 0.2) is 0 Å². The maximum absolute atomic E-state index is 13.0. The van der Waals surface area contributed by atoms with E-state index in [1.54, 1.807) is 38.5 Å². The minimum absolute atomic E-state index is 0.155. The van der Waals surface area contributed by atoms with Gasteiger partial charge in [-0.1, -0.05) is 12.1 Å². The van der Waals surface area contributed by atoms with Gasteiger partial charge in [0, 0.05) is 44.0 Å². The maximum atomic E-state index is 13.0. The number of carbonyl (C=O) groups excluding carboxylic acids is 2. The van der Waals surface area contributed by atoms with Crippen molar-refractivity contribution in [2.24, 2.45) is 0 Å². The molecule has 1 atom stereocenters. The lowest BCUT2D eigenvalue weighted by Gasteiger charge is -2.38. The molecule has 29 heavy (non-hydrogen) atoms. The van der Waals surface area contributed by atoms with Crippen LogP contribution in [0.5, 0.6) is 11.5 Å². The third-order valence-electron chi connectivity index (χ3n) is 5.61. The summed E-state index contributed by atoms with van der Waals surface area (Å²) in [5.41, 5.74) is 1.67. The summed E-state index contributed by atoms with van der Waals surface area (Å²) in [5.74, 6) is 1.13. The number of rotatable bonds is 5. The molecule has 0 N–H and O–H groups in total. The van der Waals surface area contributed by atoms with Crippen LogP contribution in [-0.2, 0) is 9.59 Å². The van der Waals surface area contributed by atoms with Crippen molar-refractivity contribution in [3.63, 3.8) is 0 Å². The van der Waals surface area contributed by atoms with E-state index in [1.165, 1.54) is 4.90 Å². The van der Waals surface area contributed by atoms with Crippen LogP contribution in [0.15, 0.2) is 48.5 Å². The molecule has 152 valence electrons. The second-order valence-electron chi connectivity index (χ2n) is 7.21. The van der Waals surface area contributed by atoms with Crippen molar-refractivity contribution in [1.29, 1.82) is 0 Å². The van der Waals surface area contributed by atoms with E-state index in [4.69, 9.17) is 9.47 Å². The van der Waals surface area contributed by atoms with Gasteiger partial charge in [-0.3, -0.25) is 14.5 Å². The van der Waals surface area contributed by atoms with Gasteiger partial charge in [-0.15, -0.1) is 0 Å². The summed E-state index contributed by atoms with van der Waals surface area (Å²) in [6, 6.07) is 14.7. The van der Waals surface area contributed by atoms with Crippen molar-refractivity contribution in [3.05, 3.63) is 48.5 Å². The van der Waals surface area contributed by atoms with Crippen LogP contribution in [0.3, 0.4) is 0 Å². The molecule has 0 radical (unpaired) electrons. The molecule has 4 rings (SSSR count). The Kier molecular flexibility index (Phi) is 5.40. The number of imide groups is 1. The summed E-state index contributed by atoms with van der Waals surface area (Å²) in [6.45, 7) is 3.05. The number of methoxy groups -OCH3 is 2. The van der Waals surface area contributed by atoms with E-state index in [0.29, 0.717) is 11.4 Å². The lowest BCUT2D eigenvalue weighted by Crippen LogP contribution is -2.52. The summed E-state index contributed by atoms with van der Waals surface area (Å²) in [4.78, 5) is 31.3. The van der Waals surface area contributed by atoms with Crippen LogP contribution in [-0.4, -0.2) is 63.2 Å². The first-order valence-electron chi connectivity index (χ1n) is 9.74. The summed E-state index contributed by atoms with van der Waals surface area (Å²) >= 11 is 0. The second kappa shape index (κ2) is 8.13. The van der Waals surface area contributed by atoms with Gasteiger partial charge in [0.25, 0.3) is 5.91 Å². The fraction of sp³-hybridized carbons (Fsp3) is 0.364. The molecule has 7 nitrogen and oxygen atoms in total. The van der Waals surface area contributed by atoms with Gasteiger partial charge in [-0.25, -0.2) is 4.90 Å². The van der Waals surface area contributed by atoms with Crippen LogP contribution >= 0.6 is 0 Å². The van der Waals surface area contributed by atoms with Crippen molar-refractivity contribution in [1.82, 2.24) is 4.90 Å². The van der Waals surface area contributed by atoms with E-state index >= 15 is 0 Å². The van der Waals surface area contributed by atoms with Gasteiger partial charge in [-0.2, -0.15) is 0 Å². The molecule has 2 aliphatic heterocycles. The van der Waals surface area contributed by atoms with E-state index < -0.39 is 6.04 Å². The molecule has 0 saturated carbocycles. The number of benzene rings is 2. The smallest absolute Gasteiger partial charge is 0.251 e. The zero-order valence-corrected chi connectivity index (χ0v) is 16.7. The van der Waals surface area contributed by atoms with Crippen LogP contribution in [0.4, 0.5) is 11.4 Å². The van der Waals surface area contributed by atoms with Crippen LogP contribution in [0.2, 0.25) is 0 Å². The number of nitrogens with zero attached hydrogens (tertiary/aromatic N) is 3. The Hall–Kier alpha value is -3.06. The predicted molar refractivity (Wildman–Crippen MR) is 111 cm³/mol. The maximum Gasteiger partial charge on any atom is 0.251 e. The first kappa shape index (κ1) is 19.3. The monoisotopic (exact) mass is 395 g/mol. The SMILES string of the molecule is COc1cccc(N2CCN(C3CC(=O)N(c4cccc(OC)c4)C3=O)CC2)c1. The van der Waals surface area contributed by atoms with Gasteiger partial charge < -0.3 is 14.4 Å². The van der Waals surface area contributed by atoms with Crippen molar-refractivity contribution in [2.45, 2.75) is 12.5 Å². The second-order valence-corrected chi connectivity index (χ2v) is 7.21. The Balaban J connectivity index is 1.43. The fourth-order valence-electron chi connectivity index (χ4n) is 4.02. The zero-order chi connectivity index (χ0) is 20.4. The molecule has 1 unspecified atom stereocenters. The van der Waals surface area contributed by atoms with E-state index in [2.05, 4.69) is 15.9 Å². The molecule has 2 heterocycles. The Morgan fingerprint density at radius 1 is 0.828 bits per heavy atom. The lowest BCUT2D eigenvalue weighted by atomic mass is 10.1. The Labute approximate surface area is 170 Å². The summed E-state index contributed by atoms with van der Waals surface area (Å²) in [5, 5.41) is 0. The Bertz CT molecular complexity index is 908. The molecule has 2 aromatic carbocycles. The number of anilines is 2. The Morgan fingerprint density at radius 3 is 2.03 bits per heavy atom. The Morgan fingerprint density at radius 2 is 1.41 bits per heavy atom. The first-order chi connectivity index (χ1) is 14.1. The largest absolute Gasteiger partial charge is 0.497 e. The normalized spacial score (nSPS) is 20.3. The van der Waals surface area contributed by atoms with Crippen molar-refractivity contribution >= 4 is 23.2 Å². The van der Waals surface area contributed by atoms with Crippen LogP contribution in [0.25, 0.3) is 0 Å². The lowest BCUT2D eigenvalue weighted by molar-refractivity contribution is -0.123. The molecule has 0 spiro atoms. The molecular weight excluding hydrogens is 370 g/mol. The number of hydrogen-bond acceptors (Lipinski definition) is 6. The highest BCUT2D eigenvalue weighted by Gasteiger charge is 2.43. The average molecular weight is 395 g/mol. The van der Waals surface area contributed by atoms with Gasteiger partial charge in [0.1, 0.15) is 11.5 Å². The number of piperazine rings is 1. The minimum atomic E-state index is -0.402. The van der Waals surface area contributed by atoms with Crippen molar-refractivity contribution in [3.8, 4) is 11.5 Å². The standard InChI is InChI=1S/C22H25N3O4/c1-28-18-7-3-5-16(13-18)23-9-11-24(12-10-23)20-15-21(26)25(22(20)27)17-6-4-8-19(14-17)29-2/h3-8,13-14,20H,9-12,15H2,1-2H3. The van der Waals surface area contributed by atoms with Crippen molar-refractivity contribution in [2.75, 3.05) is 50.2 Å². The number of ether oxygens (including phenoxy) is 2. The number of amides is 2. The van der Waals surface area contributed by atoms with E-state index in [-0.39, 0.29) is 18.2 Å². The highest BCUT2D eigenvalue weighted by atomic mass is 16.5. The zero-order valence-electron chi connectivity index (χ0n) is 16.7. The van der Waals surface area contributed by atoms with E-state index in [9.17, 15) is 9.59 Å². The molecule has 2 fully saturated rings. The van der Waals surface area contributed by atoms with E-state index in [0.717, 1.165) is 37.6 Å². The average Bonchev–Trinajstić information content (AvgIpc) is 3.07. The van der Waals surface area contributed by atoms with Gasteiger partial charge in [0.05, 0.1) is 32.4 Å². The molecule has 2 aromatic rings. The molecular formula is C22H25N3O4. The highest BCUT2D eigenvalue weighted by molar-refractivity contribution is 6.22. The molecule has 0 bridgehead atoms. The van der Waals surface area contributed by atoms with Crippen LogP contribution in [0, 0.1) is 0 Å². The molecule has 2 aliphatic rings. The first-order valence-corrected chi connectivity index (χ1v) is 9.74. The minimum Gasteiger partial charge on any atom is -0.497 e. The summed E-state index contributed by atoms with van der Waals surface area (Å²) in [7, 11) is 3.23. The van der Waals surface area contributed by atoms with Crippen LogP contribution in [0.1, 0.15) is 6.42 Å². The van der Waals surface area contributed by atoms with Gasteiger partial charge in [0.2, 0.25) is 5.91 Å². The number of hydrogen-bond donors (Lipinski definition) is 0. The molecule has 0 aromatic heterocycles. The molecule has 2 amide bonds. The van der Waals surface area contributed by atoms with Gasteiger partial charge >= 0.3 is 0 Å². The fourth-order valence-corrected chi connectivity index (χ4v) is 4.02. The summed E-state index contributed by atoms with van der Waals surface area (Å²) < 4.78 is 10.5. The summed E-state index contributed by atoms with van der Waals surface area (Å²) in [6.07, 6.45) is 0.217. The molecule has 0 aliphatic carbocycles. The molecule has 2 saturated heterocycles. The van der Waals surface area contributed by atoms with Crippen LogP contribution < -0.4 is 19.3 Å². The number of carbonyl (C=O) groups is 2. The van der Waals surface area contributed by atoms with Gasteiger partial charge in [-0.05, 0) is 24.3 Å². The quantitative estimate of drug-likeness (QED) is 0.723.